The van der Waals surface area contributed by atoms with Gasteiger partial charge in [0.1, 0.15) is 11.4 Å². The third-order valence-electron chi connectivity index (χ3n) is 4.84. The molecule has 26 heavy (non-hydrogen) atoms. The molecule has 0 aliphatic carbocycles. The Morgan fingerprint density at radius 3 is 2.81 bits per heavy atom. The zero-order valence-electron chi connectivity index (χ0n) is 15.0. The Kier molecular flexibility index (Phi) is 4.93. The first-order valence-electron chi connectivity index (χ1n) is 9.01. The summed E-state index contributed by atoms with van der Waals surface area (Å²) < 4.78 is 8.10. The molecule has 3 aromatic rings. The minimum absolute atomic E-state index is 0.324. The average Bonchev–Trinajstić information content (AvgIpc) is 3.08. The summed E-state index contributed by atoms with van der Waals surface area (Å²) in [5.74, 6) is 1.73. The molecule has 1 saturated heterocycles. The molecule has 6 nitrogen and oxygen atoms in total. The summed E-state index contributed by atoms with van der Waals surface area (Å²) in [5, 5.41) is 0. The van der Waals surface area contributed by atoms with Crippen LogP contribution in [0, 0.1) is 0 Å². The summed E-state index contributed by atoms with van der Waals surface area (Å²) in [6.45, 7) is 2.95. The highest BCUT2D eigenvalue weighted by Crippen LogP contribution is 2.32. The van der Waals surface area contributed by atoms with Crippen molar-refractivity contribution >= 4 is 0 Å². The zero-order chi connectivity index (χ0) is 17.8. The number of benzene rings is 1. The van der Waals surface area contributed by atoms with Crippen LogP contribution in [0.25, 0.3) is 0 Å². The van der Waals surface area contributed by atoms with Gasteiger partial charge in [0.15, 0.2) is 0 Å². The topological polar surface area (TPSA) is 56.1 Å². The van der Waals surface area contributed by atoms with Crippen LogP contribution < -0.4 is 4.74 Å². The first kappa shape index (κ1) is 16.7. The van der Waals surface area contributed by atoms with E-state index >= 15 is 0 Å². The van der Waals surface area contributed by atoms with Crippen LogP contribution >= 0.6 is 0 Å². The highest BCUT2D eigenvalue weighted by Gasteiger charge is 2.26. The van der Waals surface area contributed by atoms with E-state index in [1.54, 1.807) is 12.4 Å². The average molecular weight is 349 g/mol. The van der Waals surface area contributed by atoms with Crippen molar-refractivity contribution in [1.82, 2.24) is 24.4 Å². The second kappa shape index (κ2) is 7.66. The molecular weight excluding hydrogens is 326 g/mol. The Labute approximate surface area is 153 Å². The minimum Gasteiger partial charge on any atom is -0.437 e. The number of imidazole rings is 1. The van der Waals surface area contributed by atoms with Crippen LogP contribution in [0.3, 0.4) is 0 Å². The standard InChI is InChI=1S/C20H23N5O/c1-24-15-21-12-17(24)14-25-11-5-6-16(13-25)19-20(23-10-9-22-19)26-18-7-3-2-4-8-18/h2-4,7-10,12,15-16H,5-6,11,13-14H2,1H3. The molecule has 0 N–H and O–H groups in total. The zero-order valence-corrected chi connectivity index (χ0v) is 15.0. The Hall–Kier alpha value is -2.73. The summed E-state index contributed by atoms with van der Waals surface area (Å²) in [6.07, 6.45) is 9.49. The Balaban J connectivity index is 1.51. The Morgan fingerprint density at radius 2 is 2.00 bits per heavy atom. The normalized spacial score (nSPS) is 18.0. The van der Waals surface area contributed by atoms with E-state index in [-0.39, 0.29) is 0 Å². The van der Waals surface area contributed by atoms with Crippen molar-refractivity contribution in [3.05, 3.63) is 66.6 Å². The van der Waals surface area contributed by atoms with Crippen LogP contribution in [0.4, 0.5) is 0 Å². The van der Waals surface area contributed by atoms with Crippen LogP contribution in [-0.2, 0) is 13.6 Å². The maximum atomic E-state index is 6.02. The highest BCUT2D eigenvalue weighted by atomic mass is 16.5. The van der Waals surface area contributed by atoms with Gasteiger partial charge in [0.05, 0.1) is 12.0 Å². The van der Waals surface area contributed by atoms with Gasteiger partial charge in [-0.3, -0.25) is 9.88 Å². The molecule has 2 aromatic heterocycles. The first-order valence-corrected chi connectivity index (χ1v) is 9.01. The molecule has 3 heterocycles. The van der Waals surface area contributed by atoms with Crippen molar-refractivity contribution in [2.24, 2.45) is 7.05 Å². The molecule has 0 bridgehead atoms. The third kappa shape index (κ3) is 3.75. The third-order valence-corrected chi connectivity index (χ3v) is 4.84. The van der Waals surface area contributed by atoms with Gasteiger partial charge in [-0.1, -0.05) is 18.2 Å². The van der Waals surface area contributed by atoms with Crippen LogP contribution in [0.1, 0.15) is 30.1 Å². The van der Waals surface area contributed by atoms with Gasteiger partial charge in [0.2, 0.25) is 5.88 Å². The maximum Gasteiger partial charge on any atom is 0.241 e. The van der Waals surface area contributed by atoms with Gasteiger partial charge in [-0.15, -0.1) is 0 Å². The fourth-order valence-corrected chi connectivity index (χ4v) is 3.48. The van der Waals surface area contributed by atoms with E-state index in [0.717, 1.165) is 43.9 Å². The molecule has 134 valence electrons. The van der Waals surface area contributed by atoms with Gasteiger partial charge in [-0.25, -0.2) is 9.97 Å². The molecule has 1 aromatic carbocycles. The van der Waals surface area contributed by atoms with Gasteiger partial charge in [0.25, 0.3) is 0 Å². The second-order valence-corrected chi connectivity index (χ2v) is 6.73. The number of nitrogens with zero attached hydrogens (tertiary/aromatic N) is 5. The number of piperidine rings is 1. The molecule has 1 aliphatic rings. The van der Waals surface area contributed by atoms with Crippen LogP contribution in [0.5, 0.6) is 11.6 Å². The number of aryl methyl sites for hydroxylation is 1. The van der Waals surface area contributed by atoms with Gasteiger partial charge >= 0.3 is 0 Å². The van der Waals surface area contributed by atoms with E-state index in [0.29, 0.717) is 11.8 Å². The van der Waals surface area contributed by atoms with Gasteiger partial charge in [0, 0.05) is 44.6 Å². The predicted molar refractivity (Wildman–Crippen MR) is 99.0 cm³/mol. The molecule has 0 amide bonds. The smallest absolute Gasteiger partial charge is 0.241 e. The summed E-state index contributed by atoms with van der Waals surface area (Å²) in [5.41, 5.74) is 2.18. The summed E-state index contributed by atoms with van der Waals surface area (Å²) in [6, 6.07) is 9.77. The molecule has 6 heteroatoms. The lowest BCUT2D eigenvalue weighted by Crippen LogP contribution is -2.34. The number of rotatable bonds is 5. The number of para-hydroxylation sites is 1. The molecule has 1 aliphatic heterocycles. The summed E-state index contributed by atoms with van der Waals surface area (Å²) in [7, 11) is 2.04. The van der Waals surface area contributed by atoms with E-state index in [1.165, 1.54) is 5.69 Å². The van der Waals surface area contributed by atoms with Gasteiger partial charge in [-0.05, 0) is 31.5 Å². The fourth-order valence-electron chi connectivity index (χ4n) is 3.48. The Morgan fingerprint density at radius 1 is 1.15 bits per heavy atom. The predicted octanol–water partition coefficient (Wildman–Crippen LogP) is 3.38. The lowest BCUT2D eigenvalue weighted by molar-refractivity contribution is 0.193. The lowest BCUT2D eigenvalue weighted by Gasteiger charge is -2.32. The molecule has 0 saturated carbocycles. The highest BCUT2D eigenvalue weighted by molar-refractivity contribution is 5.30. The van der Waals surface area contributed by atoms with E-state index in [4.69, 9.17) is 4.74 Å². The van der Waals surface area contributed by atoms with E-state index in [1.807, 2.05) is 49.9 Å². The monoisotopic (exact) mass is 349 g/mol. The lowest BCUT2D eigenvalue weighted by atomic mass is 9.94. The fraction of sp³-hybridized carbons (Fsp3) is 0.350. The van der Waals surface area contributed by atoms with E-state index < -0.39 is 0 Å². The number of hydrogen-bond acceptors (Lipinski definition) is 5. The summed E-state index contributed by atoms with van der Waals surface area (Å²) in [4.78, 5) is 15.7. The molecular formula is C20H23N5O. The molecule has 1 atom stereocenters. The number of aromatic nitrogens is 4. The quantitative estimate of drug-likeness (QED) is 0.707. The Bertz CT molecular complexity index is 848. The van der Waals surface area contributed by atoms with Crippen molar-refractivity contribution in [1.29, 1.82) is 0 Å². The summed E-state index contributed by atoms with van der Waals surface area (Å²) >= 11 is 0. The van der Waals surface area contributed by atoms with Crippen LogP contribution in [-0.4, -0.2) is 37.5 Å². The van der Waals surface area contributed by atoms with Crippen LogP contribution in [0.2, 0.25) is 0 Å². The number of ether oxygens (including phenoxy) is 1. The second-order valence-electron chi connectivity index (χ2n) is 6.73. The molecule has 0 spiro atoms. The van der Waals surface area contributed by atoms with Crippen molar-refractivity contribution in [2.45, 2.75) is 25.3 Å². The van der Waals surface area contributed by atoms with Crippen LogP contribution in [0.15, 0.2) is 55.2 Å². The van der Waals surface area contributed by atoms with Crippen molar-refractivity contribution < 1.29 is 4.74 Å². The molecule has 1 fully saturated rings. The SMILES string of the molecule is Cn1cncc1CN1CCCC(c2nccnc2Oc2ccccc2)C1. The van der Waals surface area contributed by atoms with Gasteiger partial charge < -0.3 is 9.30 Å². The largest absolute Gasteiger partial charge is 0.437 e. The molecule has 0 radical (unpaired) electrons. The first-order chi connectivity index (χ1) is 12.8. The molecule has 1 unspecified atom stereocenters. The maximum absolute atomic E-state index is 6.02. The van der Waals surface area contributed by atoms with Gasteiger partial charge in [-0.2, -0.15) is 0 Å². The molecule has 4 rings (SSSR count). The number of hydrogen-bond donors (Lipinski definition) is 0. The van der Waals surface area contributed by atoms with Crippen molar-refractivity contribution in [3.8, 4) is 11.6 Å². The van der Waals surface area contributed by atoms with E-state index in [9.17, 15) is 0 Å². The van der Waals surface area contributed by atoms with E-state index in [2.05, 4.69) is 24.4 Å². The van der Waals surface area contributed by atoms with Crippen molar-refractivity contribution in [3.63, 3.8) is 0 Å². The number of likely N-dealkylation sites (tertiary alicyclic amines) is 1. The minimum atomic E-state index is 0.324. The van der Waals surface area contributed by atoms with Crippen molar-refractivity contribution in [2.75, 3.05) is 13.1 Å².